The molecule has 1 aliphatic heterocycles. The van der Waals surface area contributed by atoms with Crippen molar-refractivity contribution in [3.8, 4) is 0 Å². The van der Waals surface area contributed by atoms with Crippen LogP contribution in [0.2, 0.25) is 0 Å². The Hall–Kier alpha value is -1.74. The molecule has 1 aliphatic rings. The van der Waals surface area contributed by atoms with Crippen molar-refractivity contribution >= 4 is 37.1 Å². The second-order valence-corrected chi connectivity index (χ2v) is 7.20. The molecule has 0 N–H and O–H groups in total. The van der Waals surface area contributed by atoms with Gasteiger partial charge in [-0.25, -0.2) is 13.4 Å². The molecular weight excluding hydrogens is 310 g/mol. The van der Waals surface area contributed by atoms with Crippen LogP contribution < -0.4 is 4.90 Å². The van der Waals surface area contributed by atoms with Gasteiger partial charge in [-0.3, -0.25) is 19.8 Å². The van der Waals surface area contributed by atoms with Gasteiger partial charge in [0.2, 0.25) is 20.8 Å². The number of aromatic nitrogens is 1. The number of hydrogen-bond acceptors (Lipinski definition) is 6. The number of anilines is 1. The summed E-state index contributed by atoms with van der Waals surface area (Å²) in [6.07, 6.45) is 1.31. The van der Waals surface area contributed by atoms with Crippen LogP contribution >= 0.6 is 10.7 Å². The van der Waals surface area contributed by atoms with Crippen molar-refractivity contribution in [1.82, 2.24) is 4.98 Å². The standard InChI is InChI=1S/C10H10ClN3O5S/c11-20(18,19)6-7-4-9(15)13(5-7)10-8(14(16)17)2-1-3-12-10/h1-3,7H,4-6H2. The molecule has 1 aromatic rings. The van der Waals surface area contributed by atoms with Crippen molar-refractivity contribution in [2.75, 3.05) is 17.2 Å². The number of halogens is 1. The molecule has 10 heteroatoms. The van der Waals surface area contributed by atoms with Crippen LogP contribution in [0.25, 0.3) is 0 Å². The van der Waals surface area contributed by atoms with Crippen molar-refractivity contribution < 1.29 is 18.1 Å². The fraction of sp³-hybridized carbons (Fsp3) is 0.400. The summed E-state index contributed by atoms with van der Waals surface area (Å²) in [6, 6.07) is 2.63. The van der Waals surface area contributed by atoms with Gasteiger partial charge in [-0.05, 0) is 6.07 Å². The van der Waals surface area contributed by atoms with E-state index < -0.39 is 25.8 Å². The van der Waals surface area contributed by atoms with Gasteiger partial charge in [-0.2, -0.15) is 0 Å². The molecule has 1 saturated heterocycles. The second-order valence-electron chi connectivity index (χ2n) is 4.38. The summed E-state index contributed by atoms with van der Waals surface area (Å²) >= 11 is 0. The normalized spacial score (nSPS) is 19.4. The van der Waals surface area contributed by atoms with Crippen LogP contribution in [-0.4, -0.2) is 36.5 Å². The van der Waals surface area contributed by atoms with Crippen LogP contribution in [0.5, 0.6) is 0 Å². The minimum Gasteiger partial charge on any atom is -0.291 e. The maximum absolute atomic E-state index is 11.9. The van der Waals surface area contributed by atoms with Crippen LogP contribution in [0, 0.1) is 16.0 Å². The number of hydrogen-bond donors (Lipinski definition) is 0. The maximum atomic E-state index is 11.9. The summed E-state index contributed by atoms with van der Waals surface area (Å²) in [5.41, 5.74) is -0.296. The number of amides is 1. The summed E-state index contributed by atoms with van der Waals surface area (Å²) in [4.78, 5) is 27.1. The molecule has 0 saturated carbocycles. The molecule has 1 unspecified atom stereocenters. The molecule has 1 aromatic heterocycles. The van der Waals surface area contributed by atoms with Gasteiger partial charge >= 0.3 is 5.69 Å². The molecule has 0 spiro atoms. The molecule has 8 nitrogen and oxygen atoms in total. The number of nitro groups is 1. The molecule has 0 aromatic carbocycles. The molecule has 2 heterocycles. The molecule has 1 fully saturated rings. The maximum Gasteiger partial charge on any atom is 0.312 e. The molecule has 2 rings (SSSR count). The average molecular weight is 320 g/mol. The molecule has 0 aliphatic carbocycles. The van der Waals surface area contributed by atoms with Crippen molar-refractivity contribution in [3.05, 3.63) is 28.4 Å². The number of carbonyl (C=O) groups excluding carboxylic acids is 1. The molecular formula is C10H10ClN3O5S. The quantitative estimate of drug-likeness (QED) is 0.463. The summed E-state index contributed by atoms with van der Waals surface area (Å²) in [6.45, 7) is 0.0443. The zero-order valence-corrected chi connectivity index (χ0v) is 11.7. The third-order valence-corrected chi connectivity index (χ3v) is 4.11. The van der Waals surface area contributed by atoms with Crippen molar-refractivity contribution in [2.24, 2.45) is 5.92 Å². The van der Waals surface area contributed by atoms with E-state index in [0.717, 1.165) is 4.90 Å². The zero-order chi connectivity index (χ0) is 14.9. The van der Waals surface area contributed by atoms with E-state index in [1.807, 2.05) is 0 Å². The third-order valence-electron chi connectivity index (χ3n) is 2.86. The predicted octanol–water partition coefficient (Wildman–Crippen LogP) is 0.911. The van der Waals surface area contributed by atoms with Gasteiger partial charge in [-0.15, -0.1) is 0 Å². The van der Waals surface area contributed by atoms with Gasteiger partial charge in [0.15, 0.2) is 0 Å². The fourth-order valence-corrected chi connectivity index (χ4v) is 3.44. The van der Waals surface area contributed by atoms with Crippen LogP contribution in [0.4, 0.5) is 11.5 Å². The summed E-state index contributed by atoms with van der Waals surface area (Å²) in [7, 11) is 1.43. The predicted molar refractivity (Wildman–Crippen MR) is 71.0 cm³/mol. The first kappa shape index (κ1) is 14.7. The van der Waals surface area contributed by atoms with Gasteiger partial charge in [0.25, 0.3) is 0 Å². The van der Waals surface area contributed by atoms with E-state index in [1.165, 1.54) is 18.3 Å². The lowest BCUT2D eigenvalue weighted by Crippen LogP contribution is -2.27. The topological polar surface area (TPSA) is 110 Å². The van der Waals surface area contributed by atoms with E-state index in [0.29, 0.717) is 0 Å². The second kappa shape index (κ2) is 5.33. The Labute approximate surface area is 118 Å². The Bertz CT molecular complexity index is 663. The highest BCUT2D eigenvalue weighted by Gasteiger charge is 2.36. The van der Waals surface area contributed by atoms with Crippen molar-refractivity contribution in [2.45, 2.75) is 6.42 Å². The Morgan fingerprint density at radius 3 is 2.85 bits per heavy atom. The Morgan fingerprint density at radius 1 is 1.55 bits per heavy atom. The third kappa shape index (κ3) is 3.23. The van der Waals surface area contributed by atoms with Crippen LogP contribution in [0.1, 0.15) is 6.42 Å². The van der Waals surface area contributed by atoms with Gasteiger partial charge < -0.3 is 0 Å². The van der Waals surface area contributed by atoms with Gasteiger partial charge in [0.05, 0.1) is 10.7 Å². The Balaban J connectivity index is 2.27. The first-order chi connectivity index (χ1) is 9.28. The highest BCUT2D eigenvalue weighted by atomic mass is 35.7. The van der Waals surface area contributed by atoms with Gasteiger partial charge in [0.1, 0.15) is 0 Å². The smallest absolute Gasteiger partial charge is 0.291 e. The highest BCUT2D eigenvalue weighted by molar-refractivity contribution is 8.13. The molecule has 1 amide bonds. The fourth-order valence-electron chi connectivity index (χ4n) is 2.12. The SMILES string of the molecule is O=C1CC(CS(=O)(=O)Cl)CN1c1ncccc1[N+](=O)[O-]. The highest BCUT2D eigenvalue weighted by Crippen LogP contribution is 2.31. The van der Waals surface area contributed by atoms with Crippen molar-refractivity contribution in [1.29, 1.82) is 0 Å². The average Bonchev–Trinajstić information content (AvgIpc) is 2.67. The number of rotatable bonds is 4. The molecule has 108 valence electrons. The molecule has 1 atom stereocenters. The Morgan fingerprint density at radius 2 is 2.25 bits per heavy atom. The summed E-state index contributed by atoms with van der Waals surface area (Å²) in [5, 5.41) is 10.9. The van der Waals surface area contributed by atoms with Crippen LogP contribution in [0.3, 0.4) is 0 Å². The lowest BCUT2D eigenvalue weighted by molar-refractivity contribution is -0.384. The largest absolute Gasteiger partial charge is 0.312 e. The van der Waals surface area contributed by atoms with Gasteiger partial charge in [-0.1, -0.05) is 0 Å². The van der Waals surface area contributed by atoms with E-state index in [-0.39, 0.29) is 30.2 Å². The monoisotopic (exact) mass is 319 g/mol. The zero-order valence-electron chi connectivity index (χ0n) is 10.1. The molecule has 20 heavy (non-hydrogen) atoms. The van der Waals surface area contributed by atoms with E-state index in [2.05, 4.69) is 4.98 Å². The van der Waals surface area contributed by atoms with E-state index >= 15 is 0 Å². The minimum absolute atomic E-state index is 0.0281. The molecule has 0 bridgehead atoms. The summed E-state index contributed by atoms with van der Waals surface area (Å²) in [5.74, 6) is -1.32. The summed E-state index contributed by atoms with van der Waals surface area (Å²) < 4.78 is 22.0. The van der Waals surface area contributed by atoms with Crippen molar-refractivity contribution in [3.63, 3.8) is 0 Å². The van der Waals surface area contributed by atoms with Gasteiger partial charge in [0, 0.05) is 41.8 Å². The van der Waals surface area contributed by atoms with E-state index in [1.54, 1.807) is 0 Å². The van der Waals surface area contributed by atoms with E-state index in [4.69, 9.17) is 10.7 Å². The number of carbonyl (C=O) groups is 1. The van der Waals surface area contributed by atoms with Crippen LogP contribution in [0.15, 0.2) is 18.3 Å². The first-order valence-electron chi connectivity index (χ1n) is 5.60. The first-order valence-corrected chi connectivity index (χ1v) is 8.08. The van der Waals surface area contributed by atoms with E-state index in [9.17, 15) is 23.3 Å². The molecule has 0 radical (unpaired) electrons. The number of pyridine rings is 1. The lowest BCUT2D eigenvalue weighted by Gasteiger charge is -2.14. The number of nitrogens with zero attached hydrogens (tertiary/aromatic N) is 3. The van der Waals surface area contributed by atoms with Crippen LogP contribution in [-0.2, 0) is 13.8 Å². The Kier molecular flexibility index (Phi) is 3.91. The minimum atomic E-state index is -3.72. The lowest BCUT2D eigenvalue weighted by atomic mass is 10.1.